The SMILES string of the molecule is CCOc1cc(/C=C\C(=O)N2CCC(C(=O)O)CC2)cc(Cl)c1OC. The molecule has 1 heterocycles. The molecule has 1 N–H and O–H groups in total. The topological polar surface area (TPSA) is 76.1 Å². The van der Waals surface area contributed by atoms with Crippen LogP contribution < -0.4 is 9.47 Å². The Balaban J connectivity index is 2.06. The van der Waals surface area contributed by atoms with Crippen molar-refractivity contribution in [2.24, 2.45) is 5.92 Å². The molecule has 2 rings (SSSR count). The minimum absolute atomic E-state index is 0.145. The number of amides is 1. The summed E-state index contributed by atoms with van der Waals surface area (Å²) < 4.78 is 10.7. The predicted octanol–water partition coefficient (Wildman–Crippen LogP) is 3.08. The third kappa shape index (κ3) is 4.89. The Morgan fingerprint density at radius 1 is 1.36 bits per heavy atom. The van der Waals surface area contributed by atoms with Crippen LogP contribution in [-0.4, -0.2) is 48.7 Å². The molecule has 0 saturated carbocycles. The highest BCUT2D eigenvalue weighted by atomic mass is 35.5. The third-order valence-electron chi connectivity index (χ3n) is 4.11. The van der Waals surface area contributed by atoms with E-state index >= 15 is 0 Å². The molecule has 0 atom stereocenters. The van der Waals surface area contributed by atoms with Gasteiger partial charge in [-0.15, -0.1) is 0 Å². The first-order valence-electron chi connectivity index (χ1n) is 8.16. The van der Waals surface area contributed by atoms with Gasteiger partial charge < -0.3 is 19.5 Å². The van der Waals surface area contributed by atoms with Gasteiger partial charge in [-0.25, -0.2) is 0 Å². The van der Waals surface area contributed by atoms with Gasteiger partial charge in [0.05, 0.1) is 24.7 Å². The van der Waals surface area contributed by atoms with Gasteiger partial charge in [-0.05, 0) is 43.5 Å². The van der Waals surface area contributed by atoms with Gasteiger partial charge in [0.1, 0.15) is 0 Å². The summed E-state index contributed by atoms with van der Waals surface area (Å²) in [5.41, 5.74) is 0.725. The van der Waals surface area contributed by atoms with Crippen LogP contribution in [0.4, 0.5) is 0 Å². The zero-order valence-electron chi connectivity index (χ0n) is 14.3. The Morgan fingerprint density at radius 3 is 2.60 bits per heavy atom. The summed E-state index contributed by atoms with van der Waals surface area (Å²) in [5.74, 6) is -0.315. The van der Waals surface area contributed by atoms with Gasteiger partial charge in [-0.2, -0.15) is 0 Å². The Morgan fingerprint density at radius 2 is 2.04 bits per heavy atom. The van der Waals surface area contributed by atoms with Crippen molar-refractivity contribution in [2.45, 2.75) is 19.8 Å². The number of carbonyl (C=O) groups is 2. The van der Waals surface area contributed by atoms with Crippen LogP contribution in [0.5, 0.6) is 11.5 Å². The first kappa shape index (κ1) is 19.1. The highest BCUT2D eigenvalue weighted by Crippen LogP contribution is 2.36. The second-order valence-electron chi connectivity index (χ2n) is 5.74. The molecule has 7 heteroatoms. The second-order valence-corrected chi connectivity index (χ2v) is 6.15. The second kappa shape index (κ2) is 8.76. The monoisotopic (exact) mass is 367 g/mol. The average Bonchev–Trinajstić information content (AvgIpc) is 2.60. The molecule has 25 heavy (non-hydrogen) atoms. The number of piperidine rings is 1. The number of ether oxygens (including phenoxy) is 2. The summed E-state index contributed by atoms with van der Waals surface area (Å²) in [4.78, 5) is 24.9. The molecule has 0 bridgehead atoms. The molecule has 1 aliphatic heterocycles. The van der Waals surface area contributed by atoms with E-state index in [4.69, 9.17) is 26.2 Å². The molecule has 136 valence electrons. The number of rotatable bonds is 6. The normalized spacial score (nSPS) is 15.4. The lowest BCUT2D eigenvalue weighted by Gasteiger charge is -2.29. The number of likely N-dealkylation sites (tertiary alicyclic amines) is 1. The number of methoxy groups -OCH3 is 1. The lowest BCUT2D eigenvalue weighted by molar-refractivity contribution is -0.144. The van der Waals surface area contributed by atoms with E-state index in [0.29, 0.717) is 49.1 Å². The maximum Gasteiger partial charge on any atom is 0.306 e. The molecule has 0 radical (unpaired) electrons. The number of carbonyl (C=O) groups excluding carboxylic acids is 1. The van der Waals surface area contributed by atoms with E-state index in [1.165, 1.54) is 13.2 Å². The molecule has 1 aliphatic rings. The number of aliphatic carboxylic acids is 1. The van der Waals surface area contributed by atoms with E-state index in [-0.39, 0.29) is 11.8 Å². The van der Waals surface area contributed by atoms with Crippen molar-refractivity contribution in [3.63, 3.8) is 0 Å². The Bertz CT molecular complexity index is 666. The smallest absolute Gasteiger partial charge is 0.306 e. The van der Waals surface area contributed by atoms with Gasteiger partial charge in [0.15, 0.2) is 11.5 Å². The van der Waals surface area contributed by atoms with Crippen LogP contribution in [-0.2, 0) is 9.59 Å². The number of nitrogens with zero attached hydrogens (tertiary/aromatic N) is 1. The molecule has 0 aromatic heterocycles. The summed E-state index contributed by atoms with van der Waals surface area (Å²) in [5, 5.41) is 9.41. The van der Waals surface area contributed by atoms with Crippen molar-refractivity contribution in [1.29, 1.82) is 0 Å². The fraction of sp³-hybridized carbons (Fsp3) is 0.444. The van der Waals surface area contributed by atoms with Gasteiger partial charge >= 0.3 is 5.97 Å². The lowest BCUT2D eigenvalue weighted by Crippen LogP contribution is -2.39. The van der Waals surface area contributed by atoms with Crippen LogP contribution in [0.3, 0.4) is 0 Å². The number of hydrogen-bond acceptors (Lipinski definition) is 4. The maximum absolute atomic E-state index is 12.3. The van der Waals surface area contributed by atoms with Crippen molar-refractivity contribution >= 4 is 29.6 Å². The van der Waals surface area contributed by atoms with Gasteiger partial charge in [-0.1, -0.05) is 11.6 Å². The van der Waals surface area contributed by atoms with Crippen molar-refractivity contribution in [3.05, 3.63) is 28.8 Å². The van der Waals surface area contributed by atoms with E-state index in [9.17, 15) is 9.59 Å². The van der Waals surface area contributed by atoms with Gasteiger partial charge in [0.2, 0.25) is 5.91 Å². The first-order valence-corrected chi connectivity index (χ1v) is 8.54. The van der Waals surface area contributed by atoms with Crippen molar-refractivity contribution in [1.82, 2.24) is 4.90 Å². The molecule has 1 aromatic carbocycles. The molecule has 0 aliphatic carbocycles. The summed E-state index contributed by atoms with van der Waals surface area (Å²) in [6.07, 6.45) is 4.10. The van der Waals surface area contributed by atoms with Gasteiger partial charge in [-0.3, -0.25) is 9.59 Å². The van der Waals surface area contributed by atoms with E-state index in [2.05, 4.69) is 0 Å². The number of benzene rings is 1. The molecular formula is C18H22ClNO5. The van der Waals surface area contributed by atoms with Crippen LogP contribution >= 0.6 is 11.6 Å². The number of carboxylic acid groups (broad SMARTS) is 1. The summed E-state index contributed by atoms with van der Waals surface area (Å²) in [7, 11) is 1.52. The molecule has 1 fully saturated rings. The van der Waals surface area contributed by atoms with Crippen LogP contribution in [0.25, 0.3) is 6.08 Å². The Kier molecular flexibility index (Phi) is 6.70. The standard InChI is InChI=1S/C18H22ClNO5/c1-3-25-15-11-12(10-14(19)17(15)24-2)4-5-16(21)20-8-6-13(7-9-20)18(22)23/h4-5,10-11,13H,3,6-9H2,1-2H3,(H,22,23)/b5-4-. The van der Waals surface area contributed by atoms with Gasteiger partial charge in [0.25, 0.3) is 0 Å². The molecule has 0 unspecified atom stereocenters. The van der Waals surface area contributed by atoms with E-state index in [0.717, 1.165) is 5.56 Å². The molecule has 1 saturated heterocycles. The zero-order chi connectivity index (χ0) is 18.4. The Hall–Kier alpha value is -2.21. The summed E-state index contributed by atoms with van der Waals surface area (Å²) in [6, 6.07) is 3.46. The minimum atomic E-state index is -0.793. The summed E-state index contributed by atoms with van der Waals surface area (Å²) in [6.45, 7) is 3.23. The number of halogens is 1. The lowest BCUT2D eigenvalue weighted by atomic mass is 9.97. The van der Waals surface area contributed by atoms with Crippen LogP contribution in [0.15, 0.2) is 18.2 Å². The van der Waals surface area contributed by atoms with Crippen LogP contribution in [0.1, 0.15) is 25.3 Å². The minimum Gasteiger partial charge on any atom is -0.491 e. The zero-order valence-corrected chi connectivity index (χ0v) is 15.1. The largest absolute Gasteiger partial charge is 0.491 e. The van der Waals surface area contributed by atoms with Crippen LogP contribution in [0, 0.1) is 5.92 Å². The predicted molar refractivity (Wildman–Crippen MR) is 95.1 cm³/mol. The highest BCUT2D eigenvalue weighted by molar-refractivity contribution is 6.32. The van der Waals surface area contributed by atoms with Gasteiger partial charge in [0, 0.05) is 19.2 Å². The fourth-order valence-corrected chi connectivity index (χ4v) is 3.06. The fourth-order valence-electron chi connectivity index (χ4n) is 2.76. The van der Waals surface area contributed by atoms with E-state index in [1.807, 2.05) is 6.92 Å². The average molecular weight is 368 g/mol. The Labute approximate surface area is 152 Å². The third-order valence-corrected chi connectivity index (χ3v) is 4.39. The molecular weight excluding hydrogens is 346 g/mol. The maximum atomic E-state index is 12.3. The highest BCUT2D eigenvalue weighted by Gasteiger charge is 2.26. The summed E-state index contributed by atoms with van der Waals surface area (Å²) >= 11 is 6.19. The van der Waals surface area contributed by atoms with Crippen molar-refractivity contribution in [3.8, 4) is 11.5 Å². The molecule has 6 nitrogen and oxygen atoms in total. The molecule has 1 aromatic rings. The van der Waals surface area contributed by atoms with E-state index in [1.54, 1.807) is 23.1 Å². The first-order chi connectivity index (χ1) is 12.0. The quantitative estimate of drug-likeness (QED) is 0.782. The molecule has 1 amide bonds. The molecule has 0 spiro atoms. The number of hydrogen-bond donors (Lipinski definition) is 1. The van der Waals surface area contributed by atoms with Crippen molar-refractivity contribution in [2.75, 3.05) is 26.8 Å². The van der Waals surface area contributed by atoms with Crippen molar-refractivity contribution < 1.29 is 24.2 Å². The van der Waals surface area contributed by atoms with Crippen LogP contribution in [0.2, 0.25) is 5.02 Å². The van der Waals surface area contributed by atoms with E-state index < -0.39 is 5.97 Å². The number of carboxylic acids is 1.